The molecule has 0 aliphatic carbocycles. The molecule has 1 N–H and O–H groups in total. The van der Waals surface area contributed by atoms with Gasteiger partial charge in [0.05, 0.1) is 12.1 Å². The molecule has 0 aliphatic rings. The zero-order valence-corrected chi connectivity index (χ0v) is 12.2. The topological polar surface area (TPSA) is 42.7 Å². The summed E-state index contributed by atoms with van der Waals surface area (Å²) in [5, 5.41) is 6.93. The summed E-state index contributed by atoms with van der Waals surface area (Å²) in [5.74, 6) is 0.664. The van der Waals surface area contributed by atoms with Crippen LogP contribution in [0.2, 0.25) is 0 Å². The van der Waals surface area contributed by atoms with Gasteiger partial charge >= 0.3 is 6.18 Å². The van der Waals surface area contributed by atoms with Gasteiger partial charge < -0.3 is 5.32 Å². The van der Waals surface area contributed by atoms with E-state index in [0.717, 1.165) is 12.1 Å². The number of hydrogen-bond donors (Lipinski definition) is 1. The zero-order valence-electron chi connectivity index (χ0n) is 10.6. The highest BCUT2D eigenvalue weighted by Crippen LogP contribution is 2.34. The van der Waals surface area contributed by atoms with Gasteiger partial charge in [-0.25, -0.2) is 9.67 Å². The highest BCUT2D eigenvalue weighted by atomic mass is 79.9. The summed E-state index contributed by atoms with van der Waals surface area (Å²) in [6, 6.07) is 3.47. The second kappa shape index (κ2) is 5.82. The van der Waals surface area contributed by atoms with E-state index in [1.165, 1.54) is 12.4 Å². The summed E-state index contributed by atoms with van der Waals surface area (Å²) in [6.07, 6.45) is -2.94. The lowest BCUT2D eigenvalue weighted by Gasteiger charge is -2.12. The van der Waals surface area contributed by atoms with E-state index in [-0.39, 0.29) is 0 Å². The van der Waals surface area contributed by atoms with Crippen molar-refractivity contribution in [2.45, 2.75) is 26.2 Å². The molecule has 20 heavy (non-hydrogen) atoms. The summed E-state index contributed by atoms with van der Waals surface area (Å²) < 4.78 is 40.2. The van der Waals surface area contributed by atoms with Gasteiger partial charge in [-0.1, -0.05) is 0 Å². The lowest BCUT2D eigenvalue weighted by atomic mass is 10.2. The molecule has 0 amide bonds. The van der Waals surface area contributed by atoms with Gasteiger partial charge in [-0.2, -0.15) is 18.3 Å². The number of rotatable bonds is 4. The number of benzene rings is 1. The zero-order chi connectivity index (χ0) is 14.8. The second-order valence-electron chi connectivity index (χ2n) is 4.04. The van der Waals surface area contributed by atoms with Crippen LogP contribution in [0.1, 0.15) is 18.3 Å². The first-order valence-electron chi connectivity index (χ1n) is 5.89. The van der Waals surface area contributed by atoms with Crippen LogP contribution in [0.5, 0.6) is 0 Å². The third kappa shape index (κ3) is 3.30. The molecule has 0 fully saturated rings. The van der Waals surface area contributed by atoms with E-state index in [4.69, 9.17) is 0 Å². The van der Waals surface area contributed by atoms with Gasteiger partial charge in [0.2, 0.25) is 0 Å². The Balaban J connectivity index is 2.17. The maximum absolute atomic E-state index is 12.7. The molecule has 1 aromatic heterocycles. The van der Waals surface area contributed by atoms with Crippen LogP contribution in [0.3, 0.4) is 0 Å². The number of aryl methyl sites for hydroxylation is 1. The molecular formula is C12H12BrF3N4. The van der Waals surface area contributed by atoms with Crippen molar-refractivity contribution in [2.75, 3.05) is 5.32 Å². The highest BCUT2D eigenvalue weighted by Gasteiger charge is 2.30. The Labute approximate surface area is 122 Å². The third-order valence-corrected chi connectivity index (χ3v) is 3.42. The van der Waals surface area contributed by atoms with Crippen LogP contribution >= 0.6 is 15.9 Å². The molecule has 1 aromatic carbocycles. The van der Waals surface area contributed by atoms with E-state index in [9.17, 15) is 13.2 Å². The van der Waals surface area contributed by atoms with Gasteiger partial charge in [0.25, 0.3) is 0 Å². The second-order valence-corrected chi connectivity index (χ2v) is 4.89. The van der Waals surface area contributed by atoms with Crippen molar-refractivity contribution in [1.82, 2.24) is 14.8 Å². The maximum Gasteiger partial charge on any atom is 0.416 e. The molecule has 2 aromatic rings. The fraction of sp³-hybridized carbons (Fsp3) is 0.333. The van der Waals surface area contributed by atoms with Crippen LogP contribution in [0.4, 0.5) is 18.9 Å². The Morgan fingerprint density at radius 3 is 2.75 bits per heavy atom. The van der Waals surface area contributed by atoms with Crippen molar-refractivity contribution in [3.05, 3.63) is 40.4 Å². The van der Waals surface area contributed by atoms with E-state index < -0.39 is 11.7 Å². The molecule has 0 bridgehead atoms. The minimum atomic E-state index is -4.36. The first-order chi connectivity index (χ1) is 9.41. The van der Waals surface area contributed by atoms with Crippen LogP contribution in [-0.2, 0) is 19.3 Å². The third-order valence-electron chi connectivity index (χ3n) is 2.73. The Morgan fingerprint density at radius 1 is 1.35 bits per heavy atom. The number of aromatic nitrogens is 3. The van der Waals surface area contributed by atoms with Gasteiger partial charge in [0, 0.05) is 16.7 Å². The molecule has 0 spiro atoms. The summed E-state index contributed by atoms with van der Waals surface area (Å²) in [6.45, 7) is 2.87. The number of halogens is 4. The van der Waals surface area contributed by atoms with Crippen LogP contribution in [0, 0.1) is 0 Å². The fourth-order valence-corrected chi connectivity index (χ4v) is 2.09. The van der Waals surface area contributed by atoms with E-state index in [0.29, 0.717) is 29.1 Å². The Morgan fingerprint density at radius 2 is 2.10 bits per heavy atom. The van der Waals surface area contributed by atoms with Gasteiger partial charge in [-0.3, -0.25) is 0 Å². The number of nitrogens with zero attached hydrogens (tertiary/aromatic N) is 3. The molecule has 0 saturated carbocycles. The molecule has 8 heteroatoms. The molecule has 0 aliphatic heterocycles. The van der Waals surface area contributed by atoms with Gasteiger partial charge in [0.1, 0.15) is 12.2 Å². The largest absolute Gasteiger partial charge is 0.416 e. The number of nitrogens with one attached hydrogen (secondary N) is 1. The summed E-state index contributed by atoms with van der Waals surface area (Å²) in [7, 11) is 0. The SMILES string of the molecule is CCn1ncnc1CNc1cc(C(F)(F)F)ccc1Br. The van der Waals surface area contributed by atoms with Crippen molar-refractivity contribution in [3.63, 3.8) is 0 Å². The lowest BCUT2D eigenvalue weighted by Crippen LogP contribution is -2.10. The van der Waals surface area contributed by atoms with E-state index >= 15 is 0 Å². The van der Waals surface area contributed by atoms with Crippen molar-refractivity contribution in [1.29, 1.82) is 0 Å². The molecule has 108 valence electrons. The summed E-state index contributed by atoms with van der Waals surface area (Å²) in [4.78, 5) is 4.05. The average Bonchev–Trinajstić information content (AvgIpc) is 2.83. The first kappa shape index (κ1) is 14.8. The monoisotopic (exact) mass is 348 g/mol. The van der Waals surface area contributed by atoms with Gasteiger partial charge in [0.15, 0.2) is 0 Å². The van der Waals surface area contributed by atoms with Crippen LogP contribution in [0.25, 0.3) is 0 Å². The quantitative estimate of drug-likeness (QED) is 0.916. The average molecular weight is 349 g/mol. The minimum Gasteiger partial charge on any atom is -0.377 e. The molecule has 0 radical (unpaired) electrons. The first-order valence-corrected chi connectivity index (χ1v) is 6.68. The van der Waals surface area contributed by atoms with Crippen LogP contribution in [-0.4, -0.2) is 14.8 Å². The van der Waals surface area contributed by atoms with Crippen molar-refractivity contribution in [2.24, 2.45) is 0 Å². The molecule has 4 nitrogen and oxygen atoms in total. The summed E-state index contributed by atoms with van der Waals surface area (Å²) in [5.41, 5.74) is -0.328. The molecule has 0 saturated heterocycles. The fourth-order valence-electron chi connectivity index (χ4n) is 1.70. The van der Waals surface area contributed by atoms with Crippen molar-refractivity contribution >= 4 is 21.6 Å². The predicted molar refractivity (Wildman–Crippen MR) is 72.2 cm³/mol. The molecule has 0 atom stereocenters. The lowest BCUT2D eigenvalue weighted by molar-refractivity contribution is -0.137. The minimum absolute atomic E-state index is 0.299. The predicted octanol–water partition coefficient (Wildman–Crippen LogP) is 3.69. The summed E-state index contributed by atoms with van der Waals surface area (Å²) >= 11 is 3.22. The van der Waals surface area contributed by atoms with Crippen LogP contribution < -0.4 is 5.32 Å². The standard InChI is InChI=1S/C12H12BrF3N4/c1-2-20-11(18-7-19-20)6-17-10-5-8(12(14,15)16)3-4-9(10)13/h3-5,7,17H,2,6H2,1H3. The molecule has 1 heterocycles. The van der Waals surface area contributed by atoms with Crippen molar-refractivity contribution < 1.29 is 13.2 Å². The Kier molecular flexibility index (Phi) is 4.32. The van der Waals surface area contributed by atoms with E-state index in [1.54, 1.807) is 4.68 Å². The highest BCUT2D eigenvalue weighted by molar-refractivity contribution is 9.10. The smallest absolute Gasteiger partial charge is 0.377 e. The molecule has 0 unspecified atom stereocenters. The maximum atomic E-state index is 12.7. The van der Waals surface area contributed by atoms with E-state index in [2.05, 4.69) is 31.3 Å². The van der Waals surface area contributed by atoms with Gasteiger partial charge in [-0.15, -0.1) is 0 Å². The Hall–Kier alpha value is -1.57. The van der Waals surface area contributed by atoms with E-state index in [1.807, 2.05) is 6.92 Å². The van der Waals surface area contributed by atoms with Crippen LogP contribution in [0.15, 0.2) is 29.0 Å². The number of alkyl halides is 3. The Bertz CT molecular complexity index is 595. The van der Waals surface area contributed by atoms with Crippen molar-refractivity contribution in [3.8, 4) is 0 Å². The normalized spacial score (nSPS) is 11.7. The number of anilines is 1. The molecule has 2 rings (SSSR count). The van der Waals surface area contributed by atoms with Gasteiger partial charge in [-0.05, 0) is 41.1 Å². The number of hydrogen-bond acceptors (Lipinski definition) is 3. The molecular weight excluding hydrogens is 337 g/mol.